The summed E-state index contributed by atoms with van der Waals surface area (Å²) in [7, 11) is 0. The first-order valence-corrected chi connectivity index (χ1v) is 9.54. The molecule has 0 fully saturated rings. The van der Waals surface area contributed by atoms with Crippen molar-refractivity contribution in [1.29, 1.82) is 5.26 Å². The molecule has 2 heterocycles. The summed E-state index contributed by atoms with van der Waals surface area (Å²) in [5.74, 6) is 1.80. The average Bonchev–Trinajstić information content (AvgIpc) is 3.03. The molecule has 0 bridgehead atoms. The van der Waals surface area contributed by atoms with E-state index >= 15 is 0 Å². The van der Waals surface area contributed by atoms with Crippen molar-refractivity contribution in [2.75, 3.05) is 16.8 Å². The zero-order valence-corrected chi connectivity index (χ0v) is 16.6. The Balaban J connectivity index is 2.11. The van der Waals surface area contributed by atoms with Crippen LogP contribution in [-0.2, 0) is 6.42 Å². The Morgan fingerprint density at radius 2 is 2.00 bits per heavy atom. The molecule has 2 aromatic rings. The maximum Gasteiger partial charge on any atom is 0.157 e. The summed E-state index contributed by atoms with van der Waals surface area (Å²) < 4.78 is 0. The lowest BCUT2D eigenvalue weighted by Crippen LogP contribution is -2.22. The quantitative estimate of drug-likeness (QED) is 0.755. The van der Waals surface area contributed by atoms with Crippen molar-refractivity contribution in [1.82, 2.24) is 9.97 Å². The molecular formula is C19H21Cl2N5. The molecule has 0 saturated heterocycles. The number of aromatic nitrogens is 2. The monoisotopic (exact) mass is 389 g/mol. The molecule has 136 valence electrons. The number of nitriles is 1. The van der Waals surface area contributed by atoms with E-state index in [1.165, 1.54) is 0 Å². The third-order valence-electron chi connectivity index (χ3n) is 4.68. The fraction of sp³-hybridized carbons (Fsp3) is 0.421. The molecule has 7 heteroatoms. The van der Waals surface area contributed by atoms with Crippen molar-refractivity contribution in [2.45, 2.75) is 46.1 Å². The van der Waals surface area contributed by atoms with E-state index in [1.807, 2.05) is 17.9 Å². The Kier molecular flexibility index (Phi) is 5.55. The van der Waals surface area contributed by atoms with E-state index in [0.717, 1.165) is 30.5 Å². The highest BCUT2D eigenvalue weighted by atomic mass is 35.5. The minimum atomic E-state index is 0.262. The molecule has 0 atom stereocenters. The molecule has 0 radical (unpaired) electrons. The van der Waals surface area contributed by atoms with E-state index < -0.39 is 0 Å². The van der Waals surface area contributed by atoms with Gasteiger partial charge in [0.2, 0.25) is 0 Å². The Morgan fingerprint density at radius 1 is 1.27 bits per heavy atom. The fourth-order valence-electron chi connectivity index (χ4n) is 3.31. The molecule has 1 N–H and O–H groups in total. The Hall–Kier alpha value is -2.03. The Morgan fingerprint density at radius 3 is 2.65 bits per heavy atom. The number of fused-ring (bicyclic) bond motifs is 1. The van der Waals surface area contributed by atoms with Crippen LogP contribution in [0.3, 0.4) is 0 Å². The van der Waals surface area contributed by atoms with E-state index in [-0.39, 0.29) is 6.04 Å². The summed E-state index contributed by atoms with van der Waals surface area (Å²) in [5.41, 5.74) is 2.39. The van der Waals surface area contributed by atoms with Gasteiger partial charge in [-0.05, 0) is 43.9 Å². The van der Waals surface area contributed by atoms with E-state index in [2.05, 4.69) is 35.2 Å². The molecule has 26 heavy (non-hydrogen) atoms. The first-order valence-electron chi connectivity index (χ1n) is 8.79. The van der Waals surface area contributed by atoms with Crippen LogP contribution in [0.25, 0.3) is 0 Å². The Bertz CT molecular complexity index is 871. The second-order valence-corrected chi connectivity index (χ2v) is 7.23. The highest BCUT2D eigenvalue weighted by Gasteiger charge is 2.28. The van der Waals surface area contributed by atoms with Gasteiger partial charge in [0.1, 0.15) is 23.3 Å². The van der Waals surface area contributed by atoms with Crippen LogP contribution in [0.15, 0.2) is 12.1 Å². The van der Waals surface area contributed by atoms with Crippen LogP contribution in [0.2, 0.25) is 10.0 Å². The number of nitrogens with zero attached hydrogens (tertiary/aromatic N) is 4. The standard InChI is InChI=1S/C19H21Cl2N5/c1-4-14(5-2)25-18-15(10-22)19(24-11(3)23-18)26-7-6-12-8-13(20)9-16(21)17(12)26/h8-9,14H,4-7H2,1-3H3,(H,23,24,25). The summed E-state index contributed by atoms with van der Waals surface area (Å²) in [4.78, 5) is 11.0. The van der Waals surface area contributed by atoms with Crippen LogP contribution >= 0.6 is 23.2 Å². The largest absolute Gasteiger partial charge is 0.366 e. The molecule has 3 rings (SSSR count). The maximum absolute atomic E-state index is 9.82. The van der Waals surface area contributed by atoms with E-state index in [0.29, 0.717) is 39.6 Å². The van der Waals surface area contributed by atoms with Crippen molar-refractivity contribution in [3.63, 3.8) is 0 Å². The lowest BCUT2D eigenvalue weighted by molar-refractivity contribution is 0.667. The zero-order valence-electron chi connectivity index (χ0n) is 15.1. The second-order valence-electron chi connectivity index (χ2n) is 6.38. The van der Waals surface area contributed by atoms with Gasteiger partial charge in [0.25, 0.3) is 0 Å². The number of halogens is 2. The molecule has 1 aliphatic heterocycles. The summed E-state index contributed by atoms with van der Waals surface area (Å²) in [6.45, 7) is 6.76. The molecule has 1 aromatic carbocycles. The van der Waals surface area contributed by atoms with Gasteiger partial charge in [-0.1, -0.05) is 37.0 Å². The molecule has 0 saturated carbocycles. The van der Waals surface area contributed by atoms with Crippen LogP contribution in [0.5, 0.6) is 0 Å². The smallest absolute Gasteiger partial charge is 0.157 e. The second kappa shape index (κ2) is 7.69. The molecule has 5 nitrogen and oxygen atoms in total. The zero-order chi connectivity index (χ0) is 18.8. The third-order valence-corrected chi connectivity index (χ3v) is 5.18. The molecule has 0 aliphatic carbocycles. The number of benzene rings is 1. The van der Waals surface area contributed by atoms with Crippen LogP contribution in [0.1, 0.15) is 43.6 Å². The summed E-state index contributed by atoms with van der Waals surface area (Å²) in [5, 5.41) is 14.4. The van der Waals surface area contributed by atoms with Gasteiger partial charge in [-0.3, -0.25) is 0 Å². The van der Waals surface area contributed by atoms with Crippen molar-refractivity contribution < 1.29 is 0 Å². The maximum atomic E-state index is 9.82. The van der Waals surface area contributed by atoms with Crippen LogP contribution in [-0.4, -0.2) is 22.6 Å². The van der Waals surface area contributed by atoms with Gasteiger partial charge in [-0.25, -0.2) is 9.97 Å². The van der Waals surface area contributed by atoms with Crippen molar-refractivity contribution in [2.24, 2.45) is 0 Å². The highest BCUT2D eigenvalue weighted by molar-refractivity contribution is 6.36. The van der Waals surface area contributed by atoms with Gasteiger partial charge in [0, 0.05) is 17.6 Å². The summed E-state index contributed by atoms with van der Waals surface area (Å²) in [6.07, 6.45) is 2.71. The predicted molar refractivity (Wildman–Crippen MR) is 107 cm³/mol. The van der Waals surface area contributed by atoms with Crippen molar-refractivity contribution in [3.05, 3.63) is 39.1 Å². The number of hydrogen-bond acceptors (Lipinski definition) is 5. The summed E-state index contributed by atoms with van der Waals surface area (Å²) >= 11 is 12.6. The number of rotatable bonds is 5. The van der Waals surface area contributed by atoms with Crippen LogP contribution < -0.4 is 10.2 Å². The van der Waals surface area contributed by atoms with Gasteiger partial charge in [0.05, 0.1) is 10.7 Å². The molecule has 1 aromatic heterocycles. The van der Waals surface area contributed by atoms with Gasteiger partial charge >= 0.3 is 0 Å². The van der Waals surface area contributed by atoms with E-state index in [4.69, 9.17) is 23.2 Å². The predicted octanol–water partition coefficient (Wildman–Crippen LogP) is 5.26. The van der Waals surface area contributed by atoms with Crippen LogP contribution in [0, 0.1) is 18.3 Å². The fourth-order valence-corrected chi connectivity index (χ4v) is 3.95. The molecule has 0 unspecified atom stereocenters. The van der Waals surface area contributed by atoms with Crippen molar-refractivity contribution >= 4 is 40.5 Å². The lowest BCUT2D eigenvalue weighted by Gasteiger charge is -2.23. The molecule has 0 amide bonds. The van der Waals surface area contributed by atoms with Gasteiger partial charge in [-0.2, -0.15) is 5.26 Å². The topological polar surface area (TPSA) is 64.8 Å². The minimum absolute atomic E-state index is 0.262. The first-order chi connectivity index (χ1) is 12.5. The molecular weight excluding hydrogens is 369 g/mol. The third kappa shape index (κ3) is 3.44. The molecule has 0 spiro atoms. The van der Waals surface area contributed by atoms with Crippen LogP contribution in [0.4, 0.5) is 17.3 Å². The number of aryl methyl sites for hydroxylation is 1. The average molecular weight is 390 g/mol. The van der Waals surface area contributed by atoms with Crippen molar-refractivity contribution in [3.8, 4) is 6.07 Å². The normalized spacial score (nSPS) is 13.0. The summed E-state index contributed by atoms with van der Waals surface area (Å²) in [6, 6.07) is 6.20. The number of nitrogens with one attached hydrogen (secondary N) is 1. The highest BCUT2D eigenvalue weighted by Crippen LogP contribution is 2.42. The van der Waals surface area contributed by atoms with Gasteiger partial charge in [-0.15, -0.1) is 0 Å². The molecule has 1 aliphatic rings. The van der Waals surface area contributed by atoms with E-state index in [9.17, 15) is 5.26 Å². The van der Waals surface area contributed by atoms with Gasteiger partial charge < -0.3 is 10.2 Å². The number of hydrogen-bond donors (Lipinski definition) is 1. The lowest BCUT2D eigenvalue weighted by atomic mass is 10.1. The minimum Gasteiger partial charge on any atom is -0.366 e. The van der Waals surface area contributed by atoms with Gasteiger partial charge in [0.15, 0.2) is 5.82 Å². The Labute approximate surface area is 164 Å². The first kappa shape index (κ1) is 18.8. The SMILES string of the molecule is CCC(CC)Nc1nc(C)nc(N2CCc3cc(Cl)cc(Cl)c32)c1C#N. The van der Waals surface area contributed by atoms with E-state index in [1.54, 1.807) is 6.07 Å². The number of anilines is 3.